The van der Waals surface area contributed by atoms with Crippen LogP contribution in [0.25, 0.3) is 0 Å². The fourth-order valence-electron chi connectivity index (χ4n) is 8.48. The number of hydrogen-bond acceptors (Lipinski definition) is 5. The van der Waals surface area contributed by atoms with E-state index in [0.717, 1.165) is 30.6 Å². The van der Waals surface area contributed by atoms with Crippen molar-refractivity contribution < 1.29 is 22.4 Å². The maximum Gasteiger partial charge on any atom is 0.680 e. The van der Waals surface area contributed by atoms with Crippen molar-refractivity contribution in [3.05, 3.63) is 29.8 Å². The standard InChI is InChI=1S/C38H66O5Si/c1-25(2)32-18-15-28(7)21-36(32)41-44(40-24-31-13-11-12-14-35(31)39-10,42-37-22-29(8)16-19-33(37)26(3)4)43-38-23-30(9)17-20-34(38)27(5)6/h11-14,25-30,32-34,36-38H,15-24H2,1-10H3/t28-,29-,30-,32+,33+,34+,36-,37-,38-/m1/s1. The lowest BCUT2D eigenvalue weighted by Crippen LogP contribution is -2.59. The van der Waals surface area contributed by atoms with E-state index in [1.165, 1.54) is 38.5 Å². The summed E-state index contributed by atoms with van der Waals surface area (Å²) < 4.78 is 35.4. The van der Waals surface area contributed by atoms with Crippen LogP contribution in [0.3, 0.4) is 0 Å². The molecule has 3 saturated carbocycles. The summed E-state index contributed by atoms with van der Waals surface area (Å²) in [5.74, 6) is 5.69. The summed E-state index contributed by atoms with van der Waals surface area (Å²) in [5, 5.41) is 0. The molecule has 0 unspecified atom stereocenters. The molecule has 9 atom stereocenters. The molecule has 4 rings (SSSR count). The Morgan fingerprint density at radius 3 is 1.36 bits per heavy atom. The Morgan fingerprint density at radius 1 is 0.614 bits per heavy atom. The van der Waals surface area contributed by atoms with Gasteiger partial charge in [-0.2, -0.15) is 0 Å². The van der Waals surface area contributed by atoms with Crippen LogP contribution in [0.15, 0.2) is 24.3 Å². The Hall–Kier alpha value is -0.923. The van der Waals surface area contributed by atoms with Crippen LogP contribution >= 0.6 is 0 Å². The van der Waals surface area contributed by atoms with Crippen LogP contribution in [0.2, 0.25) is 0 Å². The maximum atomic E-state index is 7.48. The highest BCUT2D eigenvalue weighted by Gasteiger charge is 2.56. The summed E-state index contributed by atoms with van der Waals surface area (Å²) in [6.07, 6.45) is 10.6. The van der Waals surface area contributed by atoms with Crippen molar-refractivity contribution in [2.75, 3.05) is 7.11 Å². The van der Waals surface area contributed by atoms with Crippen molar-refractivity contribution >= 4 is 9.05 Å². The molecule has 6 heteroatoms. The third kappa shape index (κ3) is 9.33. The van der Waals surface area contributed by atoms with E-state index in [1.54, 1.807) is 7.11 Å². The Morgan fingerprint density at radius 2 is 1.00 bits per heavy atom. The second kappa shape index (κ2) is 16.3. The number of methoxy groups -OCH3 is 1. The van der Waals surface area contributed by atoms with Gasteiger partial charge in [0.05, 0.1) is 32.0 Å². The number of para-hydroxylation sites is 1. The highest BCUT2D eigenvalue weighted by atomic mass is 28.4. The van der Waals surface area contributed by atoms with E-state index in [-0.39, 0.29) is 18.3 Å². The lowest BCUT2D eigenvalue weighted by atomic mass is 9.75. The molecule has 0 amide bonds. The molecule has 3 aliphatic carbocycles. The minimum absolute atomic E-state index is 0.0695. The minimum Gasteiger partial charge on any atom is -0.496 e. The summed E-state index contributed by atoms with van der Waals surface area (Å²) in [6, 6.07) is 8.18. The van der Waals surface area contributed by atoms with Gasteiger partial charge in [0, 0.05) is 5.56 Å². The van der Waals surface area contributed by atoms with Gasteiger partial charge in [-0.1, -0.05) is 99.8 Å². The summed E-state index contributed by atoms with van der Waals surface area (Å²) in [7, 11) is -1.95. The SMILES string of the molecule is COc1ccccc1CO[Si](O[C@@H]1C[C@H](C)CC[C@H]1C(C)C)(O[C@@H]1C[C@H](C)CC[C@H]1C(C)C)O[C@@H]1C[C@H](C)CC[C@H]1C(C)C. The van der Waals surface area contributed by atoms with Crippen LogP contribution < -0.4 is 4.74 Å². The van der Waals surface area contributed by atoms with Crippen molar-refractivity contribution in [3.63, 3.8) is 0 Å². The molecule has 0 bridgehead atoms. The van der Waals surface area contributed by atoms with E-state index in [4.69, 9.17) is 22.4 Å². The first-order valence-electron chi connectivity index (χ1n) is 18.2. The van der Waals surface area contributed by atoms with Gasteiger partial charge < -0.3 is 22.4 Å². The summed E-state index contributed by atoms with van der Waals surface area (Å²) in [6.45, 7) is 21.6. The fraction of sp³-hybridized carbons (Fsp3) is 0.842. The van der Waals surface area contributed by atoms with Crippen LogP contribution in [0, 0.1) is 53.3 Å². The molecule has 3 fully saturated rings. The fourth-order valence-corrected chi connectivity index (χ4v) is 11.1. The number of rotatable bonds is 13. The first-order chi connectivity index (χ1) is 20.9. The Balaban J connectivity index is 1.78. The normalized spacial score (nSPS) is 33.7. The molecular weight excluding hydrogens is 564 g/mol. The summed E-state index contributed by atoms with van der Waals surface area (Å²) in [4.78, 5) is 0. The summed E-state index contributed by atoms with van der Waals surface area (Å²) in [5.41, 5.74) is 1.01. The molecule has 5 nitrogen and oxygen atoms in total. The van der Waals surface area contributed by atoms with Crippen molar-refractivity contribution in [1.82, 2.24) is 0 Å². The van der Waals surface area contributed by atoms with E-state index < -0.39 is 9.05 Å². The lowest BCUT2D eigenvalue weighted by molar-refractivity contribution is -0.145. The first kappa shape index (κ1) is 35.9. The summed E-state index contributed by atoms with van der Waals surface area (Å²) >= 11 is 0. The van der Waals surface area contributed by atoms with Gasteiger partial charge in [0.25, 0.3) is 0 Å². The third-order valence-electron chi connectivity index (χ3n) is 11.4. The molecule has 3 aliphatic rings. The molecule has 0 heterocycles. The van der Waals surface area contributed by atoms with Crippen molar-refractivity contribution in [2.45, 2.75) is 145 Å². The third-order valence-corrected chi connectivity index (χ3v) is 13.6. The second-order valence-electron chi connectivity index (χ2n) is 16.0. The number of hydrogen-bond donors (Lipinski definition) is 0. The topological polar surface area (TPSA) is 46.2 Å². The number of ether oxygens (including phenoxy) is 1. The van der Waals surface area contributed by atoms with Gasteiger partial charge in [0.2, 0.25) is 0 Å². The van der Waals surface area contributed by atoms with E-state index in [0.29, 0.717) is 59.9 Å². The zero-order valence-corrected chi connectivity index (χ0v) is 30.8. The largest absolute Gasteiger partial charge is 0.680 e. The zero-order valence-electron chi connectivity index (χ0n) is 29.8. The van der Waals surface area contributed by atoms with Gasteiger partial charge in [0.15, 0.2) is 0 Å². The van der Waals surface area contributed by atoms with Gasteiger partial charge in [-0.3, -0.25) is 0 Å². The molecule has 44 heavy (non-hydrogen) atoms. The molecule has 0 aromatic heterocycles. The second-order valence-corrected chi connectivity index (χ2v) is 18.0. The maximum absolute atomic E-state index is 7.48. The Labute approximate surface area is 272 Å². The van der Waals surface area contributed by atoms with Crippen LogP contribution in [0.5, 0.6) is 5.75 Å². The van der Waals surface area contributed by atoms with Gasteiger partial charge in [-0.15, -0.1) is 0 Å². The van der Waals surface area contributed by atoms with Gasteiger partial charge in [0.1, 0.15) is 5.75 Å². The molecule has 0 N–H and O–H groups in total. The van der Waals surface area contributed by atoms with Crippen molar-refractivity contribution in [1.29, 1.82) is 0 Å². The molecule has 1 aromatic carbocycles. The van der Waals surface area contributed by atoms with Crippen LogP contribution in [-0.4, -0.2) is 34.5 Å². The molecule has 252 valence electrons. The van der Waals surface area contributed by atoms with Gasteiger partial charge >= 0.3 is 9.05 Å². The molecule has 0 spiro atoms. The predicted molar refractivity (Wildman–Crippen MR) is 182 cm³/mol. The van der Waals surface area contributed by atoms with Gasteiger partial charge in [-0.25, -0.2) is 0 Å². The van der Waals surface area contributed by atoms with Crippen LogP contribution in [0.4, 0.5) is 0 Å². The van der Waals surface area contributed by atoms with Gasteiger partial charge in [-0.05, 0) is 97.9 Å². The molecular formula is C38H66O5Si. The smallest absolute Gasteiger partial charge is 0.496 e. The molecule has 1 aromatic rings. The monoisotopic (exact) mass is 630 g/mol. The van der Waals surface area contributed by atoms with E-state index in [1.807, 2.05) is 12.1 Å². The average Bonchev–Trinajstić information content (AvgIpc) is 2.96. The highest BCUT2D eigenvalue weighted by molar-refractivity contribution is 6.53. The zero-order chi connectivity index (χ0) is 32.0. The average molecular weight is 631 g/mol. The van der Waals surface area contributed by atoms with E-state index >= 15 is 0 Å². The minimum atomic E-state index is -3.68. The molecule has 0 radical (unpaired) electrons. The molecule has 0 aliphatic heterocycles. The van der Waals surface area contributed by atoms with E-state index in [2.05, 4.69) is 74.4 Å². The van der Waals surface area contributed by atoms with Crippen molar-refractivity contribution in [2.24, 2.45) is 53.3 Å². The highest BCUT2D eigenvalue weighted by Crippen LogP contribution is 2.44. The quantitative estimate of drug-likeness (QED) is 0.203. The van der Waals surface area contributed by atoms with Crippen LogP contribution in [0.1, 0.15) is 126 Å². The Bertz CT molecular complexity index is 914. The first-order valence-corrected chi connectivity index (χ1v) is 19.8. The van der Waals surface area contributed by atoms with E-state index in [9.17, 15) is 0 Å². The lowest BCUT2D eigenvalue weighted by Gasteiger charge is -2.47. The number of benzene rings is 1. The van der Waals surface area contributed by atoms with Crippen LogP contribution in [-0.2, 0) is 24.3 Å². The van der Waals surface area contributed by atoms with Crippen molar-refractivity contribution in [3.8, 4) is 5.75 Å². The Kier molecular flexibility index (Phi) is 13.3. The molecule has 0 saturated heterocycles. The predicted octanol–water partition coefficient (Wildman–Crippen LogP) is 10.1.